The Morgan fingerprint density at radius 1 is 1.33 bits per heavy atom. The number of pyridine rings is 1. The number of urea groups is 1. The summed E-state index contributed by atoms with van der Waals surface area (Å²) < 4.78 is 15.0. The van der Waals surface area contributed by atoms with E-state index in [0.717, 1.165) is 6.07 Å². The number of benzene rings is 1. The molecule has 0 spiro atoms. The van der Waals surface area contributed by atoms with Crippen LogP contribution in [0.25, 0.3) is 5.65 Å². The highest BCUT2D eigenvalue weighted by Crippen LogP contribution is 2.19. The van der Waals surface area contributed by atoms with Gasteiger partial charge in [-0.15, -0.1) is 10.2 Å². The van der Waals surface area contributed by atoms with E-state index in [9.17, 15) is 14.3 Å². The van der Waals surface area contributed by atoms with Crippen molar-refractivity contribution in [3.05, 3.63) is 59.0 Å². The van der Waals surface area contributed by atoms with Gasteiger partial charge in [-0.1, -0.05) is 23.7 Å². The van der Waals surface area contributed by atoms with Crippen LogP contribution in [-0.2, 0) is 0 Å². The summed E-state index contributed by atoms with van der Waals surface area (Å²) in [7, 11) is 0. The number of carbonyl (C=O) groups is 1. The largest absolute Gasteiger partial charge is 0.387 e. The third-order valence-corrected chi connectivity index (χ3v) is 3.63. The summed E-state index contributed by atoms with van der Waals surface area (Å²) in [6, 6.07) is 8.71. The summed E-state index contributed by atoms with van der Waals surface area (Å²) in [5, 5.41) is 22.7. The number of carbonyl (C=O) groups excluding carboxylic acids is 1. The zero-order valence-electron chi connectivity index (χ0n) is 12.3. The van der Waals surface area contributed by atoms with Gasteiger partial charge in [0, 0.05) is 12.7 Å². The Balaban J connectivity index is 1.60. The van der Waals surface area contributed by atoms with Crippen LogP contribution in [0.15, 0.2) is 42.6 Å². The second-order valence-corrected chi connectivity index (χ2v) is 5.38. The summed E-state index contributed by atoms with van der Waals surface area (Å²) in [6.45, 7) is -0.107. The number of nitrogens with one attached hydrogen (secondary N) is 2. The molecular weight excluding hydrogens is 337 g/mol. The molecule has 1 aromatic carbocycles. The first-order valence-corrected chi connectivity index (χ1v) is 7.40. The lowest BCUT2D eigenvalue weighted by atomic mass is 10.1. The third-order valence-electron chi connectivity index (χ3n) is 3.32. The highest BCUT2D eigenvalue weighted by Gasteiger charge is 2.13. The highest BCUT2D eigenvalue weighted by molar-refractivity contribution is 6.30. The summed E-state index contributed by atoms with van der Waals surface area (Å²) in [4.78, 5) is 11.9. The first-order valence-electron chi connectivity index (χ1n) is 7.02. The molecule has 0 fully saturated rings. The number of hydrogen-bond donors (Lipinski definition) is 3. The lowest BCUT2D eigenvalue weighted by Crippen LogP contribution is -2.33. The second kappa shape index (κ2) is 6.81. The van der Waals surface area contributed by atoms with Crippen molar-refractivity contribution in [3.63, 3.8) is 0 Å². The highest BCUT2D eigenvalue weighted by atomic mass is 35.5. The smallest absolute Gasteiger partial charge is 0.321 e. The standard InChI is InChI=1S/C15H13ClFN5O2/c16-10-5-4-9(7-11(10)17)12(23)8-18-15(24)19-14-21-20-13-3-1-2-6-22(13)14/h1-7,12,23H,8H2,(H2,18,19,21,24). The summed E-state index contributed by atoms with van der Waals surface area (Å²) in [5.41, 5.74) is 0.898. The van der Waals surface area contributed by atoms with Crippen molar-refractivity contribution in [2.24, 2.45) is 0 Å². The third kappa shape index (κ3) is 3.44. The van der Waals surface area contributed by atoms with Crippen molar-refractivity contribution in [1.82, 2.24) is 19.9 Å². The first kappa shape index (κ1) is 16.2. The normalized spacial score (nSPS) is 12.1. The molecule has 0 radical (unpaired) electrons. The molecule has 0 aliphatic heterocycles. The van der Waals surface area contributed by atoms with Crippen LogP contribution in [0, 0.1) is 5.82 Å². The maximum Gasteiger partial charge on any atom is 0.321 e. The van der Waals surface area contributed by atoms with E-state index in [4.69, 9.17) is 11.6 Å². The Labute approximate surface area is 141 Å². The minimum absolute atomic E-state index is 0.0321. The number of rotatable bonds is 4. The van der Waals surface area contributed by atoms with Crippen LogP contribution in [-0.4, -0.2) is 32.3 Å². The lowest BCUT2D eigenvalue weighted by molar-refractivity contribution is 0.174. The number of aliphatic hydroxyl groups excluding tert-OH is 1. The van der Waals surface area contributed by atoms with Gasteiger partial charge in [-0.05, 0) is 29.8 Å². The van der Waals surface area contributed by atoms with Gasteiger partial charge in [-0.2, -0.15) is 0 Å². The molecule has 2 amide bonds. The number of aromatic nitrogens is 3. The number of hydrogen-bond acceptors (Lipinski definition) is 4. The van der Waals surface area contributed by atoms with E-state index in [0.29, 0.717) is 11.2 Å². The average Bonchev–Trinajstić information content (AvgIpc) is 2.98. The van der Waals surface area contributed by atoms with E-state index in [2.05, 4.69) is 20.8 Å². The predicted octanol–water partition coefficient (Wildman–Crippen LogP) is 2.38. The molecule has 3 rings (SSSR count). The Kier molecular flexibility index (Phi) is 4.59. The molecule has 0 aliphatic rings. The maximum absolute atomic E-state index is 13.4. The van der Waals surface area contributed by atoms with Crippen molar-refractivity contribution in [2.75, 3.05) is 11.9 Å². The van der Waals surface area contributed by atoms with Crippen LogP contribution in [0.2, 0.25) is 5.02 Å². The fourth-order valence-electron chi connectivity index (χ4n) is 2.10. The molecule has 1 atom stereocenters. The number of nitrogens with zero attached hydrogens (tertiary/aromatic N) is 3. The van der Waals surface area contributed by atoms with Crippen molar-refractivity contribution >= 4 is 29.2 Å². The van der Waals surface area contributed by atoms with E-state index in [1.165, 1.54) is 12.1 Å². The van der Waals surface area contributed by atoms with E-state index < -0.39 is 18.0 Å². The van der Waals surface area contributed by atoms with Gasteiger partial charge >= 0.3 is 6.03 Å². The van der Waals surface area contributed by atoms with Gasteiger partial charge in [-0.3, -0.25) is 9.72 Å². The van der Waals surface area contributed by atoms with Crippen molar-refractivity contribution < 1.29 is 14.3 Å². The summed E-state index contributed by atoms with van der Waals surface area (Å²) >= 11 is 5.59. The van der Waals surface area contributed by atoms with Gasteiger partial charge < -0.3 is 10.4 Å². The zero-order valence-corrected chi connectivity index (χ0v) is 13.0. The molecule has 3 aromatic rings. The SMILES string of the molecule is O=C(NCC(O)c1ccc(Cl)c(F)c1)Nc1nnc2ccccn12. The van der Waals surface area contributed by atoms with E-state index in [1.54, 1.807) is 28.8 Å². The molecule has 7 nitrogen and oxygen atoms in total. The average molecular weight is 350 g/mol. The maximum atomic E-state index is 13.4. The molecule has 0 saturated heterocycles. The second-order valence-electron chi connectivity index (χ2n) is 4.98. The monoisotopic (exact) mass is 349 g/mol. The zero-order chi connectivity index (χ0) is 17.1. The van der Waals surface area contributed by atoms with Crippen LogP contribution in [0.5, 0.6) is 0 Å². The minimum atomic E-state index is -1.07. The quantitative estimate of drug-likeness (QED) is 0.674. The molecule has 2 aromatic heterocycles. The molecule has 3 N–H and O–H groups in total. The molecule has 0 aliphatic carbocycles. The van der Waals surface area contributed by atoms with Crippen LogP contribution >= 0.6 is 11.6 Å². The van der Waals surface area contributed by atoms with Gasteiger partial charge in [0.2, 0.25) is 5.95 Å². The van der Waals surface area contributed by atoms with Crippen LogP contribution in [0.1, 0.15) is 11.7 Å². The summed E-state index contributed by atoms with van der Waals surface area (Å²) in [6.07, 6.45) is 0.633. The summed E-state index contributed by atoms with van der Waals surface area (Å²) in [5.74, 6) is -0.386. The van der Waals surface area contributed by atoms with Gasteiger partial charge in [0.25, 0.3) is 0 Å². The van der Waals surface area contributed by atoms with Crippen molar-refractivity contribution in [2.45, 2.75) is 6.10 Å². The fourth-order valence-corrected chi connectivity index (χ4v) is 2.22. The minimum Gasteiger partial charge on any atom is -0.387 e. The van der Waals surface area contributed by atoms with Crippen molar-refractivity contribution in [3.8, 4) is 0 Å². The molecule has 9 heteroatoms. The van der Waals surface area contributed by atoms with Crippen LogP contribution in [0.4, 0.5) is 15.1 Å². The van der Waals surface area contributed by atoms with Crippen LogP contribution < -0.4 is 10.6 Å². The Bertz CT molecular complexity index is 885. The topological polar surface area (TPSA) is 91.5 Å². The van der Waals surface area contributed by atoms with Gasteiger partial charge in [0.15, 0.2) is 5.65 Å². The van der Waals surface area contributed by atoms with Gasteiger partial charge in [0.1, 0.15) is 5.82 Å². The molecular formula is C15H13ClFN5O2. The first-order chi connectivity index (χ1) is 11.5. The lowest BCUT2D eigenvalue weighted by Gasteiger charge is -2.13. The van der Waals surface area contributed by atoms with Gasteiger partial charge in [0.05, 0.1) is 11.1 Å². The number of halogens is 2. The number of aliphatic hydroxyl groups is 1. The molecule has 2 heterocycles. The molecule has 24 heavy (non-hydrogen) atoms. The predicted molar refractivity (Wildman–Crippen MR) is 86.4 cm³/mol. The van der Waals surface area contributed by atoms with Crippen molar-refractivity contribution in [1.29, 1.82) is 0 Å². The van der Waals surface area contributed by atoms with E-state index >= 15 is 0 Å². The van der Waals surface area contributed by atoms with Gasteiger partial charge in [-0.25, -0.2) is 9.18 Å². The van der Waals surface area contributed by atoms with Crippen LogP contribution in [0.3, 0.4) is 0 Å². The Hall–Kier alpha value is -2.71. The molecule has 124 valence electrons. The fraction of sp³-hybridized carbons (Fsp3) is 0.133. The van der Waals surface area contributed by atoms with E-state index in [-0.39, 0.29) is 17.5 Å². The van der Waals surface area contributed by atoms with E-state index in [1.807, 2.05) is 0 Å². The number of amides is 2. The Morgan fingerprint density at radius 2 is 2.17 bits per heavy atom. The molecule has 0 saturated carbocycles. The number of fused-ring (bicyclic) bond motifs is 1. The Morgan fingerprint density at radius 3 is 2.96 bits per heavy atom. The number of anilines is 1. The molecule has 0 bridgehead atoms. The molecule has 1 unspecified atom stereocenters.